The second-order valence-electron chi connectivity index (χ2n) is 6.83. The molecule has 0 N–H and O–H groups in total. The zero-order valence-electron chi connectivity index (χ0n) is 16.0. The number of hydrogen-bond acceptors (Lipinski definition) is 4. The van der Waals surface area contributed by atoms with Gasteiger partial charge in [-0.05, 0) is 37.1 Å². The lowest BCUT2D eigenvalue weighted by Gasteiger charge is -2.28. The van der Waals surface area contributed by atoms with Crippen molar-refractivity contribution in [2.75, 3.05) is 26.2 Å². The lowest BCUT2D eigenvalue weighted by atomic mass is 10.2. The highest BCUT2D eigenvalue weighted by atomic mass is 16.5. The van der Waals surface area contributed by atoms with E-state index in [1.807, 2.05) is 24.3 Å². The van der Waals surface area contributed by atoms with Crippen LogP contribution in [-0.4, -0.2) is 54.0 Å². The fourth-order valence-electron chi connectivity index (χ4n) is 3.28. The minimum absolute atomic E-state index is 0.0207. The van der Waals surface area contributed by atoms with Crippen molar-refractivity contribution in [2.45, 2.75) is 25.5 Å². The fraction of sp³-hybridized carbons (Fsp3) is 0.364. The summed E-state index contributed by atoms with van der Waals surface area (Å²) >= 11 is 0. The number of rotatable bonds is 9. The van der Waals surface area contributed by atoms with E-state index in [0.717, 1.165) is 19.4 Å². The quantitative estimate of drug-likeness (QED) is 0.625. The summed E-state index contributed by atoms with van der Waals surface area (Å²) in [6.45, 7) is 5.56. The maximum atomic E-state index is 13.1. The van der Waals surface area contributed by atoms with E-state index in [4.69, 9.17) is 9.15 Å². The van der Waals surface area contributed by atoms with Crippen LogP contribution in [0.1, 0.15) is 29.0 Å². The van der Waals surface area contributed by atoms with Gasteiger partial charge in [-0.15, -0.1) is 6.58 Å². The van der Waals surface area contributed by atoms with Gasteiger partial charge in [-0.2, -0.15) is 0 Å². The molecule has 1 atom stereocenters. The summed E-state index contributed by atoms with van der Waals surface area (Å²) in [5, 5.41) is 0. The van der Waals surface area contributed by atoms with Gasteiger partial charge in [0, 0.05) is 25.3 Å². The van der Waals surface area contributed by atoms with E-state index in [9.17, 15) is 9.59 Å². The first-order chi connectivity index (χ1) is 13.7. The van der Waals surface area contributed by atoms with Gasteiger partial charge in [0.2, 0.25) is 5.91 Å². The molecule has 2 amide bonds. The third kappa shape index (κ3) is 5.33. The van der Waals surface area contributed by atoms with Crippen LogP contribution in [0.2, 0.25) is 0 Å². The van der Waals surface area contributed by atoms with Crippen molar-refractivity contribution in [2.24, 2.45) is 0 Å². The van der Waals surface area contributed by atoms with E-state index in [2.05, 4.69) is 6.58 Å². The minimum atomic E-state index is -0.191. The number of ether oxygens (including phenoxy) is 1. The van der Waals surface area contributed by atoms with Gasteiger partial charge in [-0.1, -0.05) is 24.3 Å². The molecule has 1 fully saturated rings. The Kier molecular flexibility index (Phi) is 7.03. The normalized spacial score (nSPS) is 15.9. The van der Waals surface area contributed by atoms with Gasteiger partial charge >= 0.3 is 0 Å². The van der Waals surface area contributed by atoms with Crippen LogP contribution in [0.4, 0.5) is 0 Å². The first kappa shape index (κ1) is 19.9. The predicted molar refractivity (Wildman–Crippen MR) is 106 cm³/mol. The molecular formula is C22H26N2O4. The molecule has 1 aromatic carbocycles. The van der Waals surface area contributed by atoms with Crippen LogP contribution >= 0.6 is 0 Å². The molecule has 6 heteroatoms. The molecule has 2 heterocycles. The Hall–Kier alpha value is -2.86. The van der Waals surface area contributed by atoms with Crippen molar-refractivity contribution in [3.05, 3.63) is 72.7 Å². The van der Waals surface area contributed by atoms with Crippen molar-refractivity contribution in [3.63, 3.8) is 0 Å². The molecule has 3 rings (SSSR count). The van der Waals surface area contributed by atoms with Crippen LogP contribution in [0.25, 0.3) is 0 Å². The molecule has 148 valence electrons. The average molecular weight is 382 g/mol. The molecule has 1 unspecified atom stereocenters. The molecular weight excluding hydrogens is 356 g/mol. The highest BCUT2D eigenvalue weighted by Gasteiger charge is 2.26. The molecule has 6 nitrogen and oxygen atoms in total. The first-order valence-electron chi connectivity index (χ1n) is 9.54. The largest absolute Gasteiger partial charge is 0.467 e. The Bertz CT molecular complexity index is 767. The monoisotopic (exact) mass is 382 g/mol. The summed E-state index contributed by atoms with van der Waals surface area (Å²) in [6.07, 6.45) is 5.18. The van der Waals surface area contributed by atoms with Gasteiger partial charge in [-0.25, -0.2) is 0 Å². The highest BCUT2D eigenvalue weighted by molar-refractivity contribution is 5.96. The van der Waals surface area contributed by atoms with Crippen molar-refractivity contribution in [1.82, 2.24) is 9.80 Å². The second kappa shape index (κ2) is 9.90. The van der Waals surface area contributed by atoms with E-state index < -0.39 is 0 Å². The Morgan fingerprint density at radius 3 is 2.61 bits per heavy atom. The number of carbonyl (C=O) groups excluding carboxylic acids is 2. The molecule has 0 aliphatic carbocycles. The lowest BCUT2D eigenvalue weighted by molar-refractivity contribution is -0.134. The SMILES string of the molecule is C=CCN(CC(=O)N(Cc1ccco1)CC1CCCO1)C(=O)c1ccccc1. The maximum Gasteiger partial charge on any atom is 0.254 e. The second-order valence-corrected chi connectivity index (χ2v) is 6.83. The highest BCUT2D eigenvalue weighted by Crippen LogP contribution is 2.16. The third-order valence-corrected chi connectivity index (χ3v) is 4.71. The van der Waals surface area contributed by atoms with Gasteiger partial charge in [0.25, 0.3) is 5.91 Å². The molecule has 1 aliphatic rings. The van der Waals surface area contributed by atoms with Crippen molar-refractivity contribution >= 4 is 11.8 Å². The van der Waals surface area contributed by atoms with Crippen LogP contribution in [0.3, 0.4) is 0 Å². The summed E-state index contributed by atoms with van der Waals surface area (Å²) < 4.78 is 11.1. The van der Waals surface area contributed by atoms with Gasteiger partial charge < -0.3 is 19.0 Å². The van der Waals surface area contributed by atoms with E-state index in [0.29, 0.717) is 31.0 Å². The molecule has 2 aromatic rings. The third-order valence-electron chi connectivity index (χ3n) is 4.71. The Morgan fingerprint density at radius 2 is 1.96 bits per heavy atom. The number of furan rings is 1. The Labute approximate surface area is 165 Å². The summed E-state index contributed by atoms with van der Waals surface area (Å²) in [4.78, 5) is 29.1. The molecule has 0 bridgehead atoms. The van der Waals surface area contributed by atoms with E-state index >= 15 is 0 Å². The number of carbonyl (C=O) groups is 2. The number of hydrogen-bond donors (Lipinski definition) is 0. The maximum absolute atomic E-state index is 13.1. The van der Waals surface area contributed by atoms with Gasteiger partial charge in [0.05, 0.1) is 18.9 Å². The molecule has 1 saturated heterocycles. The zero-order chi connectivity index (χ0) is 19.8. The summed E-state index contributed by atoms with van der Waals surface area (Å²) in [7, 11) is 0. The first-order valence-corrected chi connectivity index (χ1v) is 9.54. The van der Waals surface area contributed by atoms with Crippen molar-refractivity contribution in [3.8, 4) is 0 Å². The van der Waals surface area contributed by atoms with Crippen LogP contribution < -0.4 is 0 Å². The smallest absolute Gasteiger partial charge is 0.254 e. The molecule has 0 spiro atoms. The molecule has 0 radical (unpaired) electrons. The fourth-order valence-corrected chi connectivity index (χ4v) is 3.28. The van der Waals surface area contributed by atoms with E-state index in [1.54, 1.807) is 35.4 Å². The van der Waals surface area contributed by atoms with Crippen LogP contribution in [-0.2, 0) is 16.1 Å². The van der Waals surface area contributed by atoms with Crippen molar-refractivity contribution < 1.29 is 18.7 Å². The summed E-state index contributed by atoms with van der Waals surface area (Å²) in [5.41, 5.74) is 0.550. The zero-order valence-corrected chi connectivity index (χ0v) is 16.0. The van der Waals surface area contributed by atoms with Crippen LogP contribution in [0, 0.1) is 0 Å². The summed E-state index contributed by atoms with van der Waals surface area (Å²) in [6, 6.07) is 12.6. The number of nitrogens with zero attached hydrogens (tertiary/aromatic N) is 2. The van der Waals surface area contributed by atoms with Crippen LogP contribution in [0.5, 0.6) is 0 Å². The van der Waals surface area contributed by atoms with E-state index in [-0.39, 0.29) is 24.5 Å². The molecule has 0 saturated carbocycles. The summed E-state index contributed by atoms with van der Waals surface area (Å²) in [5.74, 6) is 0.373. The van der Waals surface area contributed by atoms with Crippen molar-refractivity contribution in [1.29, 1.82) is 0 Å². The minimum Gasteiger partial charge on any atom is -0.467 e. The lowest BCUT2D eigenvalue weighted by Crippen LogP contribution is -2.45. The number of amides is 2. The molecule has 1 aromatic heterocycles. The Balaban J connectivity index is 1.71. The van der Waals surface area contributed by atoms with Gasteiger partial charge in [-0.3, -0.25) is 9.59 Å². The predicted octanol–water partition coefficient (Wildman–Crippen LogP) is 3.12. The average Bonchev–Trinajstić information content (AvgIpc) is 3.41. The molecule has 1 aliphatic heterocycles. The van der Waals surface area contributed by atoms with Gasteiger partial charge in [0.1, 0.15) is 12.3 Å². The van der Waals surface area contributed by atoms with Gasteiger partial charge in [0.15, 0.2) is 0 Å². The Morgan fingerprint density at radius 1 is 1.14 bits per heavy atom. The molecule has 28 heavy (non-hydrogen) atoms. The standard InChI is InChI=1S/C22H26N2O4/c1-2-12-23(22(26)18-8-4-3-5-9-18)17-21(25)24(15-19-10-6-13-27-19)16-20-11-7-14-28-20/h2-6,8-10,13,20H,1,7,11-12,14-17H2. The van der Waals surface area contributed by atoms with E-state index in [1.165, 1.54) is 4.90 Å². The van der Waals surface area contributed by atoms with Crippen LogP contribution in [0.15, 0.2) is 65.8 Å². The number of benzene rings is 1. The topological polar surface area (TPSA) is 63.0 Å².